The van der Waals surface area contributed by atoms with E-state index in [1.54, 1.807) is 0 Å². The summed E-state index contributed by atoms with van der Waals surface area (Å²) in [6.07, 6.45) is -4.60. The predicted octanol–water partition coefficient (Wildman–Crippen LogP) is 4.17. The summed E-state index contributed by atoms with van der Waals surface area (Å²) in [7, 11) is 0. The van der Waals surface area contributed by atoms with Gasteiger partial charge in [0.15, 0.2) is 5.78 Å². The second kappa shape index (κ2) is 5.06. The van der Waals surface area contributed by atoms with Crippen LogP contribution in [0, 0.1) is 0 Å². The number of halogens is 5. The van der Waals surface area contributed by atoms with Crippen molar-refractivity contribution in [2.24, 2.45) is 0 Å². The van der Waals surface area contributed by atoms with Gasteiger partial charge < -0.3 is 0 Å². The fourth-order valence-electron chi connectivity index (χ4n) is 1.19. The van der Waals surface area contributed by atoms with Gasteiger partial charge >= 0.3 is 6.18 Å². The second-order valence-electron chi connectivity index (χ2n) is 3.03. The van der Waals surface area contributed by atoms with E-state index in [9.17, 15) is 18.0 Å². The molecule has 1 rings (SSSR count). The molecule has 0 saturated heterocycles. The van der Waals surface area contributed by atoms with Gasteiger partial charge in [0.25, 0.3) is 0 Å². The standard InChI is InChI=1S/C10H7Cl2F3O/c11-5-4-8(16)6-2-1-3-7(9(6)12)10(13,14)15/h1-3H,4-5H2. The third kappa shape index (κ3) is 2.89. The lowest BCUT2D eigenvalue weighted by molar-refractivity contribution is -0.137. The molecule has 0 aromatic heterocycles. The normalized spacial score (nSPS) is 11.6. The van der Waals surface area contributed by atoms with E-state index in [-0.39, 0.29) is 17.9 Å². The highest BCUT2D eigenvalue weighted by molar-refractivity contribution is 6.35. The highest BCUT2D eigenvalue weighted by atomic mass is 35.5. The Bertz CT molecular complexity index is 402. The Balaban J connectivity index is 3.19. The monoisotopic (exact) mass is 270 g/mol. The molecule has 0 radical (unpaired) electrons. The molecule has 6 heteroatoms. The molecule has 1 nitrogen and oxygen atoms in total. The van der Waals surface area contributed by atoms with Crippen LogP contribution in [0.4, 0.5) is 13.2 Å². The lowest BCUT2D eigenvalue weighted by atomic mass is 10.1. The van der Waals surface area contributed by atoms with E-state index in [1.165, 1.54) is 6.07 Å². The highest BCUT2D eigenvalue weighted by Gasteiger charge is 2.34. The number of rotatable bonds is 3. The maximum absolute atomic E-state index is 12.5. The Morgan fingerprint density at radius 2 is 1.94 bits per heavy atom. The van der Waals surface area contributed by atoms with E-state index >= 15 is 0 Å². The summed E-state index contributed by atoms with van der Waals surface area (Å²) in [6, 6.07) is 3.24. The molecular formula is C10H7Cl2F3O. The van der Waals surface area contributed by atoms with Crippen LogP contribution in [0.2, 0.25) is 5.02 Å². The van der Waals surface area contributed by atoms with Crippen molar-refractivity contribution in [2.45, 2.75) is 12.6 Å². The third-order valence-corrected chi connectivity index (χ3v) is 2.52. The molecule has 16 heavy (non-hydrogen) atoms. The van der Waals surface area contributed by atoms with Crippen LogP contribution in [0.1, 0.15) is 22.3 Å². The van der Waals surface area contributed by atoms with Crippen LogP contribution < -0.4 is 0 Å². The van der Waals surface area contributed by atoms with E-state index in [2.05, 4.69) is 0 Å². The Kier molecular flexibility index (Phi) is 4.21. The zero-order valence-electron chi connectivity index (χ0n) is 7.94. The molecule has 0 unspecified atom stereocenters. The summed E-state index contributed by atoms with van der Waals surface area (Å²) in [5.74, 6) is -0.447. The zero-order valence-corrected chi connectivity index (χ0v) is 9.46. The molecule has 1 aromatic carbocycles. The summed E-state index contributed by atoms with van der Waals surface area (Å²) in [6.45, 7) is 0. The smallest absolute Gasteiger partial charge is 0.294 e. The first-order valence-corrected chi connectivity index (χ1v) is 5.24. The molecule has 0 spiro atoms. The van der Waals surface area contributed by atoms with Crippen LogP contribution in [-0.4, -0.2) is 11.7 Å². The number of Topliss-reactive ketones (excluding diaryl/α,β-unsaturated/α-hetero) is 1. The van der Waals surface area contributed by atoms with E-state index in [0.717, 1.165) is 12.1 Å². The first-order chi connectivity index (χ1) is 7.38. The Morgan fingerprint density at radius 3 is 2.44 bits per heavy atom. The van der Waals surface area contributed by atoms with Gasteiger partial charge in [0, 0.05) is 17.9 Å². The summed E-state index contributed by atoms with van der Waals surface area (Å²) >= 11 is 10.9. The molecule has 0 N–H and O–H groups in total. The summed E-state index contributed by atoms with van der Waals surface area (Å²) in [5, 5.41) is -0.565. The van der Waals surface area contributed by atoms with Crippen molar-refractivity contribution in [1.82, 2.24) is 0 Å². The Morgan fingerprint density at radius 1 is 1.31 bits per heavy atom. The first-order valence-electron chi connectivity index (χ1n) is 4.32. The molecular weight excluding hydrogens is 264 g/mol. The number of hydrogen-bond donors (Lipinski definition) is 0. The number of carbonyl (C=O) groups is 1. The Hall–Kier alpha value is -0.740. The van der Waals surface area contributed by atoms with E-state index < -0.39 is 22.5 Å². The van der Waals surface area contributed by atoms with Gasteiger partial charge in [-0.05, 0) is 12.1 Å². The van der Waals surface area contributed by atoms with Gasteiger partial charge in [-0.3, -0.25) is 4.79 Å². The summed E-state index contributed by atoms with van der Waals surface area (Å²) < 4.78 is 37.4. The molecule has 1 aromatic rings. The van der Waals surface area contributed by atoms with Crippen molar-refractivity contribution < 1.29 is 18.0 Å². The molecule has 0 bridgehead atoms. The maximum atomic E-state index is 12.5. The minimum atomic E-state index is -4.56. The molecule has 0 saturated carbocycles. The van der Waals surface area contributed by atoms with Crippen LogP contribution in [0.5, 0.6) is 0 Å². The molecule has 0 fully saturated rings. The first kappa shape index (κ1) is 13.3. The van der Waals surface area contributed by atoms with E-state index in [0.29, 0.717) is 0 Å². The molecule has 0 aliphatic carbocycles. The fourth-order valence-corrected chi connectivity index (χ4v) is 1.70. The average molecular weight is 271 g/mol. The van der Waals surface area contributed by atoms with Crippen LogP contribution in [-0.2, 0) is 6.18 Å². The largest absolute Gasteiger partial charge is 0.417 e. The van der Waals surface area contributed by atoms with Gasteiger partial charge in [0.1, 0.15) is 0 Å². The summed E-state index contributed by atoms with van der Waals surface area (Å²) in [5.41, 5.74) is -1.15. The average Bonchev–Trinajstić information content (AvgIpc) is 2.16. The van der Waals surface area contributed by atoms with Gasteiger partial charge in [-0.15, -0.1) is 11.6 Å². The number of hydrogen-bond acceptors (Lipinski definition) is 1. The SMILES string of the molecule is O=C(CCCl)c1cccc(C(F)(F)F)c1Cl. The molecule has 0 aliphatic rings. The Labute approximate surface area is 100 Å². The van der Waals surface area contributed by atoms with Gasteiger partial charge in [-0.2, -0.15) is 13.2 Å². The van der Waals surface area contributed by atoms with Crippen molar-refractivity contribution in [1.29, 1.82) is 0 Å². The van der Waals surface area contributed by atoms with Crippen LogP contribution in [0.25, 0.3) is 0 Å². The molecule has 88 valence electrons. The molecule has 0 aliphatic heterocycles. The minimum Gasteiger partial charge on any atom is -0.294 e. The van der Waals surface area contributed by atoms with E-state index in [1.807, 2.05) is 0 Å². The van der Waals surface area contributed by atoms with Gasteiger partial charge in [-0.1, -0.05) is 17.7 Å². The van der Waals surface area contributed by atoms with Crippen LogP contribution in [0.3, 0.4) is 0 Å². The molecule has 0 atom stereocenters. The number of carbonyl (C=O) groups excluding carboxylic acids is 1. The number of ketones is 1. The van der Waals surface area contributed by atoms with Crippen molar-refractivity contribution in [3.05, 3.63) is 34.3 Å². The van der Waals surface area contributed by atoms with Gasteiger partial charge in [0.2, 0.25) is 0 Å². The van der Waals surface area contributed by atoms with Crippen molar-refractivity contribution in [3.63, 3.8) is 0 Å². The predicted molar refractivity (Wildman–Crippen MR) is 56.1 cm³/mol. The van der Waals surface area contributed by atoms with Gasteiger partial charge in [-0.25, -0.2) is 0 Å². The van der Waals surface area contributed by atoms with E-state index in [4.69, 9.17) is 23.2 Å². The maximum Gasteiger partial charge on any atom is 0.417 e. The van der Waals surface area contributed by atoms with Crippen molar-refractivity contribution in [3.8, 4) is 0 Å². The summed E-state index contributed by atoms with van der Waals surface area (Å²) in [4.78, 5) is 11.4. The van der Waals surface area contributed by atoms with Crippen molar-refractivity contribution >= 4 is 29.0 Å². The molecule has 0 amide bonds. The molecule has 0 heterocycles. The highest BCUT2D eigenvalue weighted by Crippen LogP contribution is 2.36. The number of benzene rings is 1. The van der Waals surface area contributed by atoms with Gasteiger partial charge in [0.05, 0.1) is 10.6 Å². The van der Waals surface area contributed by atoms with Crippen LogP contribution >= 0.6 is 23.2 Å². The minimum absolute atomic E-state index is 0.0391. The quantitative estimate of drug-likeness (QED) is 0.595. The topological polar surface area (TPSA) is 17.1 Å². The third-order valence-electron chi connectivity index (χ3n) is 1.93. The second-order valence-corrected chi connectivity index (χ2v) is 3.78. The fraction of sp³-hybridized carbons (Fsp3) is 0.300. The lowest BCUT2D eigenvalue weighted by Gasteiger charge is -2.11. The number of alkyl halides is 4. The van der Waals surface area contributed by atoms with Crippen molar-refractivity contribution in [2.75, 3.05) is 5.88 Å². The lowest BCUT2D eigenvalue weighted by Crippen LogP contribution is -2.09. The van der Waals surface area contributed by atoms with Crippen LogP contribution in [0.15, 0.2) is 18.2 Å². The zero-order chi connectivity index (χ0) is 12.3.